The summed E-state index contributed by atoms with van der Waals surface area (Å²) < 4.78 is 44.2. The van der Waals surface area contributed by atoms with Crippen molar-refractivity contribution < 1.29 is 23.0 Å². The molecule has 2 N–H and O–H groups in total. The van der Waals surface area contributed by atoms with E-state index in [1.807, 2.05) is 0 Å². The van der Waals surface area contributed by atoms with Gasteiger partial charge in [-0.05, 0) is 32.0 Å². The number of hydrogen-bond acceptors (Lipinski definition) is 3. The van der Waals surface area contributed by atoms with Gasteiger partial charge in [0, 0.05) is 12.6 Å². The molecule has 1 aromatic carbocycles. The molecule has 0 aromatic heterocycles. The maximum atomic E-state index is 12.9. The summed E-state index contributed by atoms with van der Waals surface area (Å²) in [5.74, 6) is -0.438. The highest BCUT2D eigenvalue weighted by Gasteiger charge is 2.45. The Hall–Kier alpha value is -1.34. The number of aliphatic hydroxyl groups is 1. The minimum atomic E-state index is -4.46. The van der Waals surface area contributed by atoms with Crippen LogP contribution in [0.4, 0.5) is 13.2 Å². The molecule has 1 heterocycles. The molecule has 2 unspecified atom stereocenters. The van der Waals surface area contributed by atoms with E-state index in [0.29, 0.717) is 5.75 Å². The molecule has 1 aliphatic rings. The normalized spacial score (nSPS) is 24.0. The monoisotopic (exact) mass is 319 g/mol. The SMILES string of the molecule is CNC(=S)C1c2cc(C(F)(F)F)ccc2OC(C)(C)C1O. The smallest absolute Gasteiger partial charge is 0.416 e. The zero-order chi connectivity index (χ0) is 16.0. The van der Waals surface area contributed by atoms with E-state index in [1.165, 1.54) is 6.07 Å². The number of hydrogen-bond donors (Lipinski definition) is 2. The largest absolute Gasteiger partial charge is 0.485 e. The average Bonchev–Trinajstić information content (AvgIpc) is 2.37. The summed E-state index contributed by atoms with van der Waals surface area (Å²) >= 11 is 5.16. The molecular weight excluding hydrogens is 303 g/mol. The van der Waals surface area contributed by atoms with Gasteiger partial charge in [0.2, 0.25) is 0 Å². The summed E-state index contributed by atoms with van der Waals surface area (Å²) in [4.78, 5) is 0.277. The number of aliphatic hydroxyl groups excluding tert-OH is 1. The third-order valence-electron chi connectivity index (χ3n) is 3.60. The first kappa shape index (κ1) is 16.0. The maximum Gasteiger partial charge on any atom is 0.416 e. The van der Waals surface area contributed by atoms with Crippen molar-refractivity contribution in [2.24, 2.45) is 0 Å². The van der Waals surface area contributed by atoms with Crippen molar-refractivity contribution in [3.05, 3.63) is 29.3 Å². The number of benzene rings is 1. The lowest BCUT2D eigenvalue weighted by Crippen LogP contribution is -2.52. The molecule has 0 fully saturated rings. The number of thiocarbonyl (C=S) groups is 1. The Bertz CT molecular complexity index is 572. The highest BCUT2D eigenvalue weighted by Crippen LogP contribution is 2.43. The molecule has 2 rings (SSSR count). The van der Waals surface area contributed by atoms with Crippen molar-refractivity contribution in [1.29, 1.82) is 0 Å². The van der Waals surface area contributed by atoms with Crippen LogP contribution in [0.2, 0.25) is 0 Å². The molecule has 1 aromatic rings. The number of alkyl halides is 3. The Morgan fingerprint density at radius 2 is 2.00 bits per heavy atom. The molecule has 0 aliphatic carbocycles. The van der Waals surface area contributed by atoms with Crippen LogP contribution >= 0.6 is 12.2 Å². The summed E-state index contributed by atoms with van der Waals surface area (Å²) in [6.07, 6.45) is -5.51. The van der Waals surface area contributed by atoms with E-state index >= 15 is 0 Å². The van der Waals surface area contributed by atoms with Gasteiger partial charge in [-0.15, -0.1) is 0 Å². The number of rotatable bonds is 1. The molecule has 0 bridgehead atoms. The zero-order valence-electron chi connectivity index (χ0n) is 11.8. The predicted octanol–water partition coefficient (Wildman–Crippen LogP) is 2.87. The Balaban J connectivity index is 2.60. The molecule has 3 nitrogen and oxygen atoms in total. The molecule has 2 atom stereocenters. The third kappa shape index (κ3) is 2.85. The molecule has 0 radical (unpaired) electrons. The fourth-order valence-electron chi connectivity index (χ4n) is 2.42. The number of halogens is 3. The van der Waals surface area contributed by atoms with Crippen LogP contribution in [0.15, 0.2) is 18.2 Å². The van der Waals surface area contributed by atoms with Crippen molar-refractivity contribution in [3.8, 4) is 5.75 Å². The lowest BCUT2D eigenvalue weighted by molar-refractivity contribution is -0.137. The van der Waals surface area contributed by atoms with Crippen molar-refractivity contribution in [2.45, 2.75) is 37.6 Å². The van der Waals surface area contributed by atoms with Crippen LogP contribution in [0.5, 0.6) is 5.75 Å². The second kappa shape index (κ2) is 5.14. The van der Waals surface area contributed by atoms with Gasteiger partial charge >= 0.3 is 6.18 Å². The fourth-order valence-corrected chi connectivity index (χ4v) is 2.67. The lowest BCUT2D eigenvalue weighted by atomic mass is 9.80. The van der Waals surface area contributed by atoms with E-state index < -0.39 is 29.4 Å². The standard InChI is InChI=1S/C14H16F3NO2S/c1-13(2)11(19)10(12(21)18-3)8-6-7(14(15,16)17)4-5-9(8)20-13/h4-6,10-11,19H,1-3H3,(H,18,21). The lowest BCUT2D eigenvalue weighted by Gasteiger charge is -2.42. The van der Waals surface area contributed by atoms with Crippen molar-refractivity contribution in [2.75, 3.05) is 7.05 Å². The summed E-state index contributed by atoms with van der Waals surface area (Å²) in [7, 11) is 1.57. The van der Waals surface area contributed by atoms with Crippen LogP contribution in [0.25, 0.3) is 0 Å². The van der Waals surface area contributed by atoms with Crippen LogP contribution < -0.4 is 10.1 Å². The molecule has 1 aliphatic heterocycles. The molecule has 0 spiro atoms. The first-order chi connectivity index (χ1) is 9.58. The van der Waals surface area contributed by atoms with Gasteiger partial charge in [0.15, 0.2) is 0 Å². The number of ether oxygens (including phenoxy) is 1. The van der Waals surface area contributed by atoms with Crippen molar-refractivity contribution in [3.63, 3.8) is 0 Å². The molecule has 116 valence electrons. The van der Waals surface area contributed by atoms with Gasteiger partial charge < -0.3 is 15.2 Å². The summed E-state index contributed by atoms with van der Waals surface area (Å²) in [5.41, 5.74) is -1.49. The molecular formula is C14H16F3NO2S. The topological polar surface area (TPSA) is 41.5 Å². The first-order valence-electron chi connectivity index (χ1n) is 6.37. The van der Waals surface area contributed by atoms with E-state index in [2.05, 4.69) is 5.32 Å². The molecule has 0 saturated heterocycles. The predicted molar refractivity (Wildman–Crippen MR) is 76.6 cm³/mol. The highest BCUT2D eigenvalue weighted by molar-refractivity contribution is 7.80. The van der Waals surface area contributed by atoms with Gasteiger partial charge in [-0.2, -0.15) is 13.2 Å². The first-order valence-corrected chi connectivity index (χ1v) is 6.78. The number of likely N-dealkylation sites (N-methyl/N-ethyl adjacent to an activating group) is 1. The van der Waals surface area contributed by atoms with Crippen LogP contribution in [0, 0.1) is 0 Å². The average molecular weight is 319 g/mol. The molecule has 7 heteroatoms. The van der Waals surface area contributed by atoms with Gasteiger partial charge in [-0.1, -0.05) is 12.2 Å². The van der Waals surface area contributed by atoms with E-state index in [0.717, 1.165) is 12.1 Å². The summed E-state index contributed by atoms with van der Waals surface area (Å²) in [6, 6.07) is 3.23. The van der Waals surface area contributed by atoms with Crippen molar-refractivity contribution >= 4 is 17.2 Å². The third-order valence-corrected chi connectivity index (χ3v) is 4.06. The van der Waals surface area contributed by atoms with Crippen LogP contribution in [-0.2, 0) is 6.18 Å². The highest BCUT2D eigenvalue weighted by atomic mass is 32.1. The maximum absolute atomic E-state index is 12.9. The van der Waals surface area contributed by atoms with Gasteiger partial charge in [-0.25, -0.2) is 0 Å². The molecule has 0 saturated carbocycles. The van der Waals surface area contributed by atoms with E-state index in [9.17, 15) is 18.3 Å². The Morgan fingerprint density at radius 1 is 1.38 bits per heavy atom. The van der Waals surface area contributed by atoms with Gasteiger partial charge in [-0.3, -0.25) is 0 Å². The van der Waals surface area contributed by atoms with Gasteiger partial charge in [0.1, 0.15) is 17.5 Å². The Kier molecular flexibility index (Phi) is 3.92. The van der Waals surface area contributed by atoms with E-state index in [1.54, 1.807) is 20.9 Å². The minimum Gasteiger partial charge on any atom is -0.485 e. The van der Waals surface area contributed by atoms with Crippen LogP contribution in [0.3, 0.4) is 0 Å². The zero-order valence-corrected chi connectivity index (χ0v) is 12.6. The fraction of sp³-hybridized carbons (Fsp3) is 0.500. The minimum absolute atomic E-state index is 0.246. The Labute approximate surface area is 126 Å². The van der Waals surface area contributed by atoms with Crippen LogP contribution in [-0.4, -0.2) is 28.8 Å². The van der Waals surface area contributed by atoms with Crippen LogP contribution in [0.1, 0.15) is 30.9 Å². The quantitative estimate of drug-likeness (QED) is 0.781. The number of fused-ring (bicyclic) bond motifs is 1. The second-order valence-electron chi connectivity index (χ2n) is 5.49. The second-order valence-corrected chi connectivity index (χ2v) is 5.93. The van der Waals surface area contributed by atoms with E-state index in [-0.39, 0.29) is 10.6 Å². The van der Waals surface area contributed by atoms with Gasteiger partial charge in [0.25, 0.3) is 0 Å². The van der Waals surface area contributed by atoms with Gasteiger partial charge in [0.05, 0.1) is 16.5 Å². The van der Waals surface area contributed by atoms with Crippen molar-refractivity contribution in [1.82, 2.24) is 5.32 Å². The number of nitrogens with one attached hydrogen (secondary N) is 1. The summed E-state index contributed by atoms with van der Waals surface area (Å²) in [6.45, 7) is 3.34. The van der Waals surface area contributed by atoms with E-state index in [4.69, 9.17) is 17.0 Å². The Morgan fingerprint density at radius 3 is 2.52 bits per heavy atom. The summed E-state index contributed by atoms with van der Waals surface area (Å²) in [5, 5.41) is 13.1. The molecule has 0 amide bonds. The molecule has 21 heavy (non-hydrogen) atoms.